The Bertz CT molecular complexity index is 438. The molecule has 0 fully saturated rings. The SMILES string of the molecule is C=C(CC(=O)OC)C(=O)OCC(O)CS(=O)(=O)OC. The van der Waals surface area contributed by atoms with Crippen LogP contribution in [-0.4, -0.2) is 58.1 Å². The molecule has 0 aromatic heterocycles. The predicted molar refractivity (Wildman–Crippen MR) is 63.5 cm³/mol. The Hall–Kier alpha value is -1.45. The first-order chi connectivity index (χ1) is 8.71. The Labute approximate surface area is 111 Å². The summed E-state index contributed by atoms with van der Waals surface area (Å²) in [7, 11) is -1.74. The maximum atomic E-state index is 11.3. The van der Waals surface area contributed by atoms with Crippen LogP contribution >= 0.6 is 0 Å². The van der Waals surface area contributed by atoms with Crippen molar-refractivity contribution in [1.29, 1.82) is 0 Å². The molecule has 1 unspecified atom stereocenters. The van der Waals surface area contributed by atoms with E-state index in [0.717, 1.165) is 14.2 Å². The van der Waals surface area contributed by atoms with Crippen molar-refractivity contribution < 1.29 is 36.8 Å². The first-order valence-corrected chi connectivity index (χ1v) is 6.67. The van der Waals surface area contributed by atoms with E-state index in [9.17, 15) is 23.1 Å². The van der Waals surface area contributed by atoms with E-state index in [1.807, 2.05) is 0 Å². The molecule has 0 saturated carbocycles. The fourth-order valence-electron chi connectivity index (χ4n) is 0.944. The molecule has 0 aliphatic carbocycles. The fraction of sp³-hybridized carbons (Fsp3) is 0.600. The summed E-state index contributed by atoms with van der Waals surface area (Å²) in [5.41, 5.74) is -0.159. The first-order valence-electron chi connectivity index (χ1n) is 5.10. The number of aliphatic hydroxyl groups excluding tert-OH is 1. The molecular formula is C10H16O8S. The van der Waals surface area contributed by atoms with Crippen LogP contribution in [0.3, 0.4) is 0 Å². The number of carbonyl (C=O) groups excluding carboxylic acids is 2. The number of carbonyl (C=O) groups is 2. The molecule has 0 aromatic rings. The maximum Gasteiger partial charge on any atom is 0.334 e. The number of hydrogen-bond acceptors (Lipinski definition) is 8. The lowest BCUT2D eigenvalue weighted by molar-refractivity contribution is -0.145. The monoisotopic (exact) mass is 296 g/mol. The summed E-state index contributed by atoms with van der Waals surface area (Å²) in [5.74, 6) is -2.29. The van der Waals surface area contributed by atoms with E-state index in [1.54, 1.807) is 0 Å². The normalized spacial score (nSPS) is 12.6. The van der Waals surface area contributed by atoms with Crippen molar-refractivity contribution >= 4 is 22.1 Å². The van der Waals surface area contributed by atoms with Crippen molar-refractivity contribution in [2.75, 3.05) is 26.6 Å². The van der Waals surface area contributed by atoms with Gasteiger partial charge in [-0.2, -0.15) is 8.42 Å². The zero-order valence-corrected chi connectivity index (χ0v) is 11.4. The smallest absolute Gasteiger partial charge is 0.334 e. The zero-order chi connectivity index (χ0) is 15.1. The molecule has 0 aromatic carbocycles. The maximum absolute atomic E-state index is 11.3. The molecule has 110 valence electrons. The lowest BCUT2D eigenvalue weighted by Gasteiger charge is -2.11. The van der Waals surface area contributed by atoms with Crippen LogP contribution < -0.4 is 0 Å². The molecule has 0 spiro atoms. The van der Waals surface area contributed by atoms with Gasteiger partial charge in [0.15, 0.2) is 0 Å². The van der Waals surface area contributed by atoms with Crippen LogP contribution in [0.2, 0.25) is 0 Å². The van der Waals surface area contributed by atoms with E-state index in [2.05, 4.69) is 20.2 Å². The molecule has 1 atom stereocenters. The van der Waals surface area contributed by atoms with Gasteiger partial charge in [0.25, 0.3) is 10.1 Å². The number of aliphatic hydroxyl groups is 1. The summed E-state index contributed by atoms with van der Waals surface area (Å²) < 4.78 is 35.0. The highest BCUT2D eigenvalue weighted by atomic mass is 32.2. The Morgan fingerprint density at radius 1 is 1.32 bits per heavy atom. The van der Waals surface area contributed by atoms with E-state index in [-0.39, 0.29) is 12.0 Å². The largest absolute Gasteiger partial charge is 0.469 e. The molecule has 1 N–H and O–H groups in total. The molecule has 8 nitrogen and oxygen atoms in total. The Kier molecular flexibility index (Phi) is 7.27. The second kappa shape index (κ2) is 7.87. The van der Waals surface area contributed by atoms with E-state index < -0.39 is 40.5 Å². The van der Waals surface area contributed by atoms with Gasteiger partial charge < -0.3 is 14.6 Å². The fourth-order valence-corrected chi connectivity index (χ4v) is 1.65. The van der Waals surface area contributed by atoms with Gasteiger partial charge in [-0.15, -0.1) is 0 Å². The minimum absolute atomic E-state index is 0.159. The van der Waals surface area contributed by atoms with Crippen LogP contribution in [-0.2, 0) is 33.4 Å². The van der Waals surface area contributed by atoms with E-state index in [1.165, 1.54) is 0 Å². The molecular weight excluding hydrogens is 280 g/mol. The van der Waals surface area contributed by atoms with E-state index in [0.29, 0.717) is 0 Å². The molecule has 0 heterocycles. The van der Waals surface area contributed by atoms with Gasteiger partial charge in [-0.05, 0) is 0 Å². The van der Waals surface area contributed by atoms with Crippen molar-refractivity contribution in [3.8, 4) is 0 Å². The second-order valence-corrected chi connectivity index (χ2v) is 5.28. The first kappa shape index (κ1) is 17.6. The van der Waals surface area contributed by atoms with Crippen molar-refractivity contribution in [2.24, 2.45) is 0 Å². The van der Waals surface area contributed by atoms with Gasteiger partial charge in [-0.3, -0.25) is 8.98 Å². The van der Waals surface area contributed by atoms with Gasteiger partial charge in [0.2, 0.25) is 0 Å². The number of rotatable bonds is 8. The third-order valence-corrected chi connectivity index (χ3v) is 3.23. The molecule has 9 heteroatoms. The van der Waals surface area contributed by atoms with Gasteiger partial charge in [0, 0.05) is 5.57 Å². The van der Waals surface area contributed by atoms with Crippen LogP contribution in [0.1, 0.15) is 6.42 Å². The topological polar surface area (TPSA) is 116 Å². The summed E-state index contributed by atoms with van der Waals surface area (Å²) in [6.45, 7) is 2.76. The van der Waals surface area contributed by atoms with E-state index >= 15 is 0 Å². The predicted octanol–water partition coefficient (Wildman–Crippen LogP) is -1.01. The molecule has 0 saturated heterocycles. The summed E-state index contributed by atoms with van der Waals surface area (Å²) in [6.07, 6.45) is -1.78. The molecule has 0 aliphatic rings. The minimum Gasteiger partial charge on any atom is -0.469 e. The third kappa shape index (κ3) is 7.54. The van der Waals surface area contributed by atoms with Gasteiger partial charge in [0.05, 0.1) is 20.6 Å². The van der Waals surface area contributed by atoms with Crippen LogP contribution in [0, 0.1) is 0 Å². The number of ether oxygens (including phenoxy) is 2. The van der Waals surface area contributed by atoms with Crippen molar-refractivity contribution in [3.05, 3.63) is 12.2 Å². The summed E-state index contributed by atoms with van der Waals surface area (Å²) in [4.78, 5) is 22.2. The minimum atomic E-state index is -3.85. The molecule has 0 aliphatic heterocycles. The number of methoxy groups -OCH3 is 1. The Morgan fingerprint density at radius 3 is 2.37 bits per heavy atom. The highest BCUT2D eigenvalue weighted by Crippen LogP contribution is 2.04. The van der Waals surface area contributed by atoms with Crippen molar-refractivity contribution in [3.63, 3.8) is 0 Å². The quantitative estimate of drug-likeness (QED) is 0.344. The highest BCUT2D eigenvalue weighted by Gasteiger charge is 2.19. The van der Waals surface area contributed by atoms with Crippen LogP contribution in [0.4, 0.5) is 0 Å². The lowest BCUT2D eigenvalue weighted by Crippen LogP contribution is -2.28. The summed E-state index contributed by atoms with van der Waals surface area (Å²) >= 11 is 0. The molecule has 0 radical (unpaired) electrons. The number of esters is 2. The van der Waals surface area contributed by atoms with Crippen LogP contribution in [0.15, 0.2) is 12.2 Å². The Morgan fingerprint density at radius 2 is 1.89 bits per heavy atom. The number of hydrogen-bond donors (Lipinski definition) is 1. The Balaban J connectivity index is 4.16. The molecule has 0 amide bonds. The van der Waals surface area contributed by atoms with E-state index in [4.69, 9.17) is 0 Å². The van der Waals surface area contributed by atoms with Gasteiger partial charge >= 0.3 is 11.9 Å². The highest BCUT2D eigenvalue weighted by molar-refractivity contribution is 7.86. The standard InChI is InChI=1S/C10H16O8S/c1-7(4-9(12)16-2)10(13)18-5-8(11)6-19(14,15)17-3/h8,11H,1,4-6H2,2-3H3. The average Bonchev–Trinajstić information content (AvgIpc) is 2.35. The summed E-state index contributed by atoms with van der Waals surface area (Å²) in [6, 6.07) is 0. The van der Waals surface area contributed by atoms with Crippen molar-refractivity contribution in [2.45, 2.75) is 12.5 Å². The zero-order valence-electron chi connectivity index (χ0n) is 10.6. The van der Waals surface area contributed by atoms with Crippen LogP contribution in [0.5, 0.6) is 0 Å². The van der Waals surface area contributed by atoms with Gasteiger partial charge in [-0.1, -0.05) is 6.58 Å². The van der Waals surface area contributed by atoms with Gasteiger partial charge in [-0.25, -0.2) is 4.79 Å². The summed E-state index contributed by atoms with van der Waals surface area (Å²) in [5, 5.41) is 9.32. The second-order valence-electron chi connectivity index (χ2n) is 3.50. The van der Waals surface area contributed by atoms with Crippen molar-refractivity contribution in [1.82, 2.24) is 0 Å². The molecule has 0 bridgehead atoms. The third-order valence-electron chi connectivity index (χ3n) is 1.93. The lowest BCUT2D eigenvalue weighted by atomic mass is 10.2. The van der Waals surface area contributed by atoms with Gasteiger partial charge in [0.1, 0.15) is 18.5 Å². The molecule has 19 heavy (non-hydrogen) atoms. The molecule has 0 rings (SSSR count). The average molecular weight is 296 g/mol. The van der Waals surface area contributed by atoms with Crippen LogP contribution in [0.25, 0.3) is 0 Å².